The van der Waals surface area contributed by atoms with Gasteiger partial charge in [0.2, 0.25) is 0 Å². The lowest BCUT2D eigenvalue weighted by Gasteiger charge is -2.23. The number of nitrogens with two attached hydrogens (primary N) is 1. The number of nitrogens with zero attached hydrogens (tertiary/aromatic N) is 2. The van der Waals surface area contributed by atoms with Gasteiger partial charge in [-0.2, -0.15) is 0 Å². The molecule has 1 aromatic rings. The fourth-order valence-corrected chi connectivity index (χ4v) is 2.55. The van der Waals surface area contributed by atoms with E-state index in [1.807, 2.05) is 24.0 Å². The molecule has 1 fully saturated rings. The van der Waals surface area contributed by atoms with Gasteiger partial charge in [0.1, 0.15) is 0 Å². The Balaban J connectivity index is 2.39. The molecule has 0 amide bonds. The minimum atomic E-state index is -0.685. The minimum Gasteiger partial charge on any atom is -0.409 e. The number of β-amino-alcohol motifs (C(OH)–C–C–N with tert-alkyl or cyclic N) is 1. The summed E-state index contributed by atoms with van der Waals surface area (Å²) in [4.78, 5) is 2.04. The summed E-state index contributed by atoms with van der Waals surface area (Å²) >= 11 is 3.36. The average Bonchev–Trinajstić information content (AvgIpc) is 2.68. The lowest BCUT2D eigenvalue weighted by molar-refractivity contribution is 0.0839. The van der Waals surface area contributed by atoms with Crippen LogP contribution in [0.4, 0.5) is 5.69 Å². The molecule has 1 aliphatic heterocycles. The van der Waals surface area contributed by atoms with E-state index in [9.17, 15) is 5.11 Å². The molecule has 1 unspecified atom stereocenters. The molecule has 1 atom stereocenters. The zero-order chi connectivity index (χ0) is 13.3. The van der Waals surface area contributed by atoms with Crippen molar-refractivity contribution < 1.29 is 10.3 Å². The van der Waals surface area contributed by atoms with Crippen LogP contribution in [0.25, 0.3) is 0 Å². The molecule has 1 heterocycles. The Morgan fingerprint density at radius 3 is 2.83 bits per heavy atom. The highest BCUT2D eigenvalue weighted by Crippen LogP contribution is 2.30. The number of oxime groups is 1. The third-order valence-electron chi connectivity index (χ3n) is 3.13. The van der Waals surface area contributed by atoms with Crippen LogP contribution in [-0.2, 0) is 0 Å². The van der Waals surface area contributed by atoms with Crippen molar-refractivity contribution >= 4 is 27.5 Å². The van der Waals surface area contributed by atoms with Gasteiger partial charge < -0.3 is 20.9 Å². The number of anilines is 1. The van der Waals surface area contributed by atoms with E-state index in [4.69, 9.17) is 10.9 Å². The van der Waals surface area contributed by atoms with Crippen LogP contribution in [-0.4, -0.2) is 34.8 Å². The highest BCUT2D eigenvalue weighted by atomic mass is 79.9. The van der Waals surface area contributed by atoms with Crippen LogP contribution in [0.15, 0.2) is 27.8 Å². The number of rotatable bonds is 2. The quantitative estimate of drug-likeness (QED) is 0.334. The first-order valence-corrected chi connectivity index (χ1v) is 6.47. The van der Waals surface area contributed by atoms with Crippen LogP contribution in [0.2, 0.25) is 0 Å². The van der Waals surface area contributed by atoms with E-state index < -0.39 is 5.60 Å². The molecule has 1 saturated heterocycles. The third-order valence-corrected chi connectivity index (χ3v) is 3.63. The van der Waals surface area contributed by atoms with Crippen LogP contribution in [0, 0.1) is 0 Å². The normalized spacial score (nSPS) is 24.6. The van der Waals surface area contributed by atoms with E-state index in [1.165, 1.54) is 0 Å². The Morgan fingerprint density at radius 1 is 1.56 bits per heavy atom. The molecule has 2 rings (SSSR count). The minimum absolute atomic E-state index is 0.0674. The summed E-state index contributed by atoms with van der Waals surface area (Å²) in [6, 6.07) is 5.60. The van der Waals surface area contributed by atoms with Crippen LogP contribution in [0.3, 0.4) is 0 Å². The zero-order valence-electron chi connectivity index (χ0n) is 10.1. The number of halogens is 1. The van der Waals surface area contributed by atoms with Gasteiger partial charge in [0.05, 0.1) is 5.60 Å². The lowest BCUT2D eigenvalue weighted by atomic mass is 10.1. The van der Waals surface area contributed by atoms with Gasteiger partial charge in [-0.1, -0.05) is 21.1 Å². The summed E-state index contributed by atoms with van der Waals surface area (Å²) in [6.45, 7) is 3.11. The van der Waals surface area contributed by atoms with Crippen LogP contribution >= 0.6 is 15.9 Å². The van der Waals surface area contributed by atoms with E-state index in [0.717, 1.165) is 16.7 Å². The molecular weight excluding hydrogens is 298 g/mol. The second-order valence-corrected chi connectivity index (χ2v) is 5.73. The van der Waals surface area contributed by atoms with Crippen molar-refractivity contribution in [1.29, 1.82) is 0 Å². The second-order valence-electron chi connectivity index (χ2n) is 4.82. The van der Waals surface area contributed by atoms with Gasteiger partial charge in [0, 0.05) is 28.8 Å². The van der Waals surface area contributed by atoms with Crippen LogP contribution < -0.4 is 10.6 Å². The number of hydrogen-bond donors (Lipinski definition) is 3. The fraction of sp³-hybridized carbons (Fsp3) is 0.417. The van der Waals surface area contributed by atoms with Crippen LogP contribution in [0.1, 0.15) is 18.9 Å². The van der Waals surface area contributed by atoms with E-state index in [-0.39, 0.29) is 5.84 Å². The Hall–Kier alpha value is -1.27. The standard InChI is InChI=1S/C12H16BrN3O2/c1-12(17)4-5-16(7-12)10-3-2-8(13)6-9(10)11(14)15-18/h2-3,6,17-18H,4-5,7H2,1H3,(H2,14,15). The van der Waals surface area contributed by atoms with Gasteiger partial charge in [0.25, 0.3) is 0 Å². The Labute approximate surface area is 114 Å². The maximum absolute atomic E-state index is 10.0. The Bertz CT molecular complexity index is 488. The smallest absolute Gasteiger partial charge is 0.172 e. The predicted octanol–water partition coefficient (Wildman–Crippen LogP) is 1.50. The third kappa shape index (κ3) is 2.59. The summed E-state index contributed by atoms with van der Waals surface area (Å²) in [5.74, 6) is 0.0674. The monoisotopic (exact) mass is 313 g/mol. The number of amidine groups is 1. The van der Waals surface area contributed by atoms with Gasteiger partial charge in [0.15, 0.2) is 5.84 Å². The largest absolute Gasteiger partial charge is 0.409 e. The van der Waals surface area contributed by atoms with E-state index in [1.54, 1.807) is 6.07 Å². The van der Waals surface area contributed by atoms with Crippen molar-refractivity contribution in [1.82, 2.24) is 0 Å². The first-order chi connectivity index (χ1) is 8.43. The zero-order valence-corrected chi connectivity index (χ0v) is 11.7. The number of benzene rings is 1. The SMILES string of the molecule is CC1(O)CCN(c2ccc(Br)cc2/C(N)=N/O)C1. The van der Waals surface area contributed by atoms with Crippen molar-refractivity contribution in [3.8, 4) is 0 Å². The first-order valence-electron chi connectivity index (χ1n) is 5.68. The molecule has 6 heteroatoms. The van der Waals surface area contributed by atoms with Crippen molar-refractivity contribution in [2.24, 2.45) is 10.9 Å². The van der Waals surface area contributed by atoms with Gasteiger partial charge in [-0.15, -0.1) is 0 Å². The van der Waals surface area contributed by atoms with Gasteiger partial charge in [-0.05, 0) is 31.5 Å². The molecular formula is C12H16BrN3O2. The maximum Gasteiger partial charge on any atom is 0.172 e. The van der Waals surface area contributed by atoms with E-state index >= 15 is 0 Å². The van der Waals surface area contributed by atoms with Gasteiger partial charge in [-0.25, -0.2) is 0 Å². The molecule has 0 aromatic heterocycles. The van der Waals surface area contributed by atoms with Crippen LogP contribution in [0.5, 0.6) is 0 Å². The molecule has 1 aromatic carbocycles. The summed E-state index contributed by atoms with van der Waals surface area (Å²) in [5, 5.41) is 21.9. The topological polar surface area (TPSA) is 82.1 Å². The fourth-order valence-electron chi connectivity index (χ4n) is 2.19. The highest BCUT2D eigenvalue weighted by molar-refractivity contribution is 9.10. The maximum atomic E-state index is 10.0. The molecule has 0 aliphatic carbocycles. The number of hydrogen-bond acceptors (Lipinski definition) is 4. The van der Waals surface area contributed by atoms with Crippen molar-refractivity contribution in [2.75, 3.05) is 18.0 Å². The molecule has 98 valence electrons. The van der Waals surface area contributed by atoms with E-state index in [2.05, 4.69) is 21.1 Å². The molecule has 18 heavy (non-hydrogen) atoms. The van der Waals surface area contributed by atoms with Crippen molar-refractivity contribution in [2.45, 2.75) is 18.9 Å². The van der Waals surface area contributed by atoms with Crippen molar-refractivity contribution in [3.63, 3.8) is 0 Å². The highest BCUT2D eigenvalue weighted by Gasteiger charge is 2.32. The predicted molar refractivity (Wildman–Crippen MR) is 74.1 cm³/mol. The number of aliphatic hydroxyl groups is 1. The van der Waals surface area contributed by atoms with Crippen molar-refractivity contribution in [3.05, 3.63) is 28.2 Å². The summed E-state index contributed by atoms with van der Waals surface area (Å²) < 4.78 is 0.860. The average molecular weight is 314 g/mol. The lowest BCUT2D eigenvalue weighted by Crippen LogP contribution is -2.31. The molecule has 0 spiro atoms. The summed E-state index contributed by atoms with van der Waals surface area (Å²) in [6.07, 6.45) is 0.707. The summed E-state index contributed by atoms with van der Waals surface area (Å²) in [5.41, 5.74) is 6.53. The van der Waals surface area contributed by atoms with E-state index in [0.29, 0.717) is 18.5 Å². The Morgan fingerprint density at radius 2 is 2.28 bits per heavy atom. The molecule has 0 saturated carbocycles. The molecule has 1 aliphatic rings. The molecule has 0 bridgehead atoms. The Kier molecular flexibility index (Phi) is 3.49. The van der Waals surface area contributed by atoms with Gasteiger partial charge in [-0.3, -0.25) is 0 Å². The molecule has 5 nitrogen and oxygen atoms in total. The second kappa shape index (κ2) is 4.78. The molecule has 4 N–H and O–H groups in total. The first kappa shape index (κ1) is 13.2. The molecule has 0 radical (unpaired) electrons. The summed E-state index contributed by atoms with van der Waals surface area (Å²) in [7, 11) is 0. The van der Waals surface area contributed by atoms with Gasteiger partial charge >= 0.3 is 0 Å².